The van der Waals surface area contributed by atoms with E-state index in [0.29, 0.717) is 13.1 Å². The van der Waals surface area contributed by atoms with E-state index in [1.165, 1.54) is 0 Å². The van der Waals surface area contributed by atoms with Gasteiger partial charge < -0.3 is 0 Å². The summed E-state index contributed by atoms with van der Waals surface area (Å²) in [5, 5.41) is 0. The van der Waals surface area contributed by atoms with Crippen molar-refractivity contribution < 1.29 is 16.8 Å². The van der Waals surface area contributed by atoms with Crippen LogP contribution in [0, 0.1) is 0 Å². The first-order valence-electron chi connectivity index (χ1n) is 12.9. The molecule has 0 amide bonds. The maximum absolute atomic E-state index is 12.8. The summed E-state index contributed by atoms with van der Waals surface area (Å²) in [5.74, 6) is 0. The first kappa shape index (κ1) is 27.2. The highest BCUT2D eigenvalue weighted by Crippen LogP contribution is 2.24. The van der Waals surface area contributed by atoms with Crippen LogP contribution in [0.1, 0.15) is 39.5 Å². The smallest absolute Gasteiger partial charge is 0.240 e. The predicted octanol–water partition coefficient (Wildman–Crippen LogP) is 2.88. The van der Waals surface area contributed by atoms with E-state index in [1.807, 2.05) is 0 Å². The number of nitrogens with zero attached hydrogens (tertiary/aromatic N) is 2. The lowest BCUT2D eigenvalue weighted by Crippen LogP contribution is -2.40. The number of likely N-dealkylation sites (N-methyl/N-ethyl adjacent to an activating group) is 2. The lowest BCUT2D eigenvalue weighted by Gasteiger charge is -2.23. The van der Waals surface area contributed by atoms with Crippen molar-refractivity contribution in [1.82, 2.24) is 19.2 Å². The molecule has 36 heavy (non-hydrogen) atoms. The summed E-state index contributed by atoms with van der Waals surface area (Å²) < 4.78 is 56.6. The molecule has 2 heterocycles. The van der Waals surface area contributed by atoms with Crippen LogP contribution in [-0.2, 0) is 20.0 Å². The number of benzene rings is 2. The number of sulfonamides is 2. The van der Waals surface area contributed by atoms with Crippen molar-refractivity contribution in [3.05, 3.63) is 48.5 Å². The standard InChI is InChI=1S/C26H38N4O4S2/c1-3-29-17-5-7-23(29)19-27-35(31,32)25-13-9-21(10-14-25)22-11-15-26(16-12-22)36(33,34)28-20-24-8-6-18-30(24)4-2/h9-16,23-24,27-28H,3-8,17-20H2,1-2H3. The minimum absolute atomic E-state index is 0.226. The van der Waals surface area contributed by atoms with Crippen LogP contribution in [0.15, 0.2) is 58.3 Å². The topological polar surface area (TPSA) is 98.8 Å². The molecule has 2 unspecified atom stereocenters. The first-order valence-corrected chi connectivity index (χ1v) is 15.9. The Morgan fingerprint density at radius 3 is 1.36 bits per heavy atom. The summed E-state index contributed by atoms with van der Waals surface area (Å²) in [7, 11) is -7.18. The zero-order valence-corrected chi connectivity index (χ0v) is 22.8. The van der Waals surface area contributed by atoms with E-state index in [2.05, 4.69) is 33.1 Å². The third-order valence-corrected chi connectivity index (χ3v) is 10.4. The third kappa shape index (κ3) is 6.35. The molecule has 2 aliphatic heterocycles. The van der Waals surface area contributed by atoms with Crippen LogP contribution in [0.3, 0.4) is 0 Å². The molecule has 2 aromatic rings. The second kappa shape index (κ2) is 11.7. The Morgan fingerprint density at radius 2 is 1.03 bits per heavy atom. The molecule has 10 heteroatoms. The molecule has 0 spiro atoms. The second-order valence-electron chi connectivity index (χ2n) is 9.60. The summed E-state index contributed by atoms with van der Waals surface area (Å²) in [5.41, 5.74) is 1.65. The molecular formula is C26H38N4O4S2. The van der Waals surface area contributed by atoms with Crippen LogP contribution in [-0.4, -0.2) is 78.0 Å². The van der Waals surface area contributed by atoms with Crippen molar-refractivity contribution in [2.24, 2.45) is 0 Å². The molecule has 0 aliphatic carbocycles. The number of rotatable bonds is 11. The Kier molecular flexibility index (Phi) is 8.85. The van der Waals surface area contributed by atoms with Crippen LogP contribution in [0.5, 0.6) is 0 Å². The lowest BCUT2D eigenvalue weighted by molar-refractivity contribution is 0.268. The van der Waals surface area contributed by atoms with Gasteiger partial charge in [0.15, 0.2) is 0 Å². The van der Waals surface area contributed by atoms with Crippen molar-refractivity contribution in [2.45, 2.75) is 61.4 Å². The van der Waals surface area contributed by atoms with Gasteiger partial charge in [-0.15, -0.1) is 0 Å². The maximum Gasteiger partial charge on any atom is 0.240 e. The van der Waals surface area contributed by atoms with Crippen molar-refractivity contribution in [3.63, 3.8) is 0 Å². The van der Waals surface area contributed by atoms with Crippen molar-refractivity contribution in [2.75, 3.05) is 39.3 Å². The number of nitrogens with one attached hydrogen (secondary N) is 2. The highest BCUT2D eigenvalue weighted by atomic mass is 32.2. The molecule has 2 saturated heterocycles. The molecule has 0 radical (unpaired) electrons. The van der Waals surface area contributed by atoms with Crippen LogP contribution >= 0.6 is 0 Å². The van der Waals surface area contributed by atoms with Crippen LogP contribution in [0.25, 0.3) is 11.1 Å². The minimum Gasteiger partial charge on any atom is -0.299 e. The monoisotopic (exact) mass is 534 g/mol. The summed E-state index contributed by atoms with van der Waals surface area (Å²) in [6, 6.07) is 13.9. The van der Waals surface area contributed by atoms with E-state index in [9.17, 15) is 16.8 Å². The molecule has 4 rings (SSSR count). The molecule has 0 aromatic heterocycles. The maximum atomic E-state index is 12.8. The van der Waals surface area contributed by atoms with Crippen molar-refractivity contribution in [1.29, 1.82) is 0 Å². The van der Waals surface area contributed by atoms with Crippen LogP contribution in [0.4, 0.5) is 0 Å². The van der Waals surface area contributed by atoms with E-state index in [1.54, 1.807) is 48.5 Å². The van der Waals surface area contributed by atoms with Crippen molar-refractivity contribution >= 4 is 20.0 Å². The molecule has 2 aliphatic rings. The number of hydrogen-bond acceptors (Lipinski definition) is 6. The Hall–Kier alpha value is -1.82. The Morgan fingerprint density at radius 1 is 0.667 bits per heavy atom. The second-order valence-corrected chi connectivity index (χ2v) is 13.1. The quantitative estimate of drug-likeness (QED) is 0.460. The largest absolute Gasteiger partial charge is 0.299 e. The number of hydrogen-bond donors (Lipinski definition) is 2. The van der Waals surface area contributed by atoms with Crippen LogP contribution in [0.2, 0.25) is 0 Å². The zero-order valence-electron chi connectivity index (χ0n) is 21.2. The Labute approximate surface area is 216 Å². The summed E-state index contributed by atoms with van der Waals surface area (Å²) in [6.07, 6.45) is 4.22. The average Bonchev–Trinajstić information content (AvgIpc) is 3.55. The lowest BCUT2D eigenvalue weighted by atomic mass is 10.1. The van der Waals surface area contributed by atoms with E-state index in [4.69, 9.17) is 0 Å². The number of likely N-dealkylation sites (tertiary alicyclic amines) is 2. The summed E-state index contributed by atoms with van der Waals surface area (Å²) >= 11 is 0. The highest BCUT2D eigenvalue weighted by molar-refractivity contribution is 7.89. The van der Waals surface area contributed by atoms with Gasteiger partial charge in [0.2, 0.25) is 20.0 Å². The summed E-state index contributed by atoms with van der Waals surface area (Å²) in [4.78, 5) is 5.06. The van der Waals surface area contributed by atoms with Gasteiger partial charge in [0, 0.05) is 25.2 Å². The SMILES string of the molecule is CCN1CCCC1CNS(=O)(=O)c1ccc(-c2ccc(S(=O)(=O)NCC3CCCN3CC)cc2)cc1. The molecule has 2 aromatic carbocycles. The fraction of sp³-hybridized carbons (Fsp3) is 0.538. The van der Waals surface area contributed by atoms with Gasteiger partial charge in [-0.1, -0.05) is 38.1 Å². The van der Waals surface area contributed by atoms with Gasteiger partial charge in [0.1, 0.15) is 0 Å². The average molecular weight is 535 g/mol. The van der Waals surface area contributed by atoms with E-state index >= 15 is 0 Å². The van der Waals surface area contributed by atoms with E-state index in [-0.39, 0.29) is 21.9 Å². The van der Waals surface area contributed by atoms with Gasteiger partial charge >= 0.3 is 0 Å². The Balaban J connectivity index is 1.37. The zero-order chi connectivity index (χ0) is 25.8. The first-order chi connectivity index (χ1) is 17.2. The normalized spacial score (nSPS) is 21.8. The predicted molar refractivity (Wildman–Crippen MR) is 143 cm³/mol. The van der Waals surface area contributed by atoms with Gasteiger partial charge in [-0.25, -0.2) is 26.3 Å². The van der Waals surface area contributed by atoms with Gasteiger partial charge in [-0.05, 0) is 87.3 Å². The van der Waals surface area contributed by atoms with Gasteiger partial charge in [-0.3, -0.25) is 9.80 Å². The van der Waals surface area contributed by atoms with Gasteiger partial charge in [0.05, 0.1) is 9.79 Å². The molecule has 198 valence electrons. The fourth-order valence-electron chi connectivity index (χ4n) is 5.32. The Bertz CT molecular complexity index is 1120. The van der Waals surface area contributed by atoms with Crippen LogP contribution < -0.4 is 9.44 Å². The molecule has 2 N–H and O–H groups in total. The molecule has 0 bridgehead atoms. The minimum atomic E-state index is -3.59. The van der Waals surface area contributed by atoms with E-state index < -0.39 is 20.0 Å². The molecular weight excluding hydrogens is 496 g/mol. The molecule has 8 nitrogen and oxygen atoms in total. The fourth-order valence-corrected chi connectivity index (χ4v) is 7.46. The molecule has 0 saturated carbocycles. The third-order valence-electron chi connectivity index (χ3n) is 7.49. The van der Waals surface area contributed by atoms with Crippen molar-refractivity contribution in [3.8, 4) is 11.1 Å². The summed E-state index contributed by atoms with van der Waals surface area (Å²) in [6.45, 7) is 8.92. The van der Waals surface area contributed by atoms with Gasteiger partial charge in [-0.2, -0.15) is 0 Å². The van der Waals surface area contributed by atoms with Gasteiger partial charge in [0.25, 0.3) is 0 Å². The molecule has 2 atom stereocenters. The van der Waals surface area contributed by atoms with E-state index in [0.717, 1.165) is 63.0 Å². The highest BCUT2D eigenvalue weighted by Gasteiger charge is 2.26. The molecule has 2 fully saturated rings.